The fourth-order valence-corrected chi connectivity index (χ4v) is 3.46. The zero-order valence-electron chi connectivity index (χ0n) is 17.5. The Morgan fingerprint density at radius 2 is 0.800 bits per heavy atom. The molecule has 0 bridgehead atoms. The maximum absolute atomic E-state index is 5.33. The van der Waals surface area contributed by atoms with Gasteiger partial charge in [-0.05, 0) is 78.7 Å². The van der Waals surface area contributed by atoms with Crippen molar-refractivity contribution in [2.75, 3.05) is 19.1 Å². The van der Waals surface area contributed by atoms with Crippen molar-refractivity contribution in [3.63, 3.8) is 0 Å². The molecule has 0 amide bonds. The molecule has 0 radical (unpaired) electrons. The molecular formula is C27H25NO2. The second-order valence-electron chi connectivity index (χ2n) is 7.14. The van der Waals surface area contributed by atoms with Crippen LogP contribution in [0.5, 0.6) is 11.5 Å². The molecule has 0 N–H and O–H groups in total. The highest BCUT2D eigenvalue weighted by molar-refractivity contribution is 5.78. The van der Waals surface area contributed by atoms with Crippen LogP contribution < -0.4 is 14.4 Å². The number of hydrogen-bond acceptors (Lipinski definition) is 3. The van der Waals surface area contributed by atoms with Crippen molar-refractivity contribution >= 4 is 17.1 Å². The largest absolute Gasteiger partial charge is 0.497 e. The summed E-state index contributed by atoms with van der Waals surface area (Å²) in [4.78, 5) is 2.25. The molecule has 30 heavy (non-hydrogen) atoms. The van der Waals surface area contributed by atoms with Gasteiger partial charge in [-0.25, -0.2) is 0 Å². The number of aryl methyl sites for hydroxylation is 1. The highest BCUT2D eigenvalue weighted by atomic mass is 16.5. The molecule has 0 fully saturated rings. The highest BCUT2D eigenvalue weighted by Crippen LogP contribution is 2.36. The maximum Gasteiger partial charge on any atom is 0.119 e. The summed E-state index contributed by atoms with van der Waals surface area (Å²) in [5, 5.41) is 0. The van der Waals surface area contributed by atoms with E-state index in [4.69, 9.17) is 9.47 Å². The molecular weight excluding hydrogens is 370 g/mol. The lowest BCUT2D eigenvalue weighted by Gasteiger charge is -2.26. The second kappa shape index (κ2) is 8.75. The minimum atomic E-state index is 0.845. The summed E-state index contributed by atoms with van der Waals surface area (Å²) in [6.07, 6.45) is 0. The molecule has 150 valence electrons. The summed E-state index contributed by atoms with van der Waals surface area (Å²) in [7, 11) is 3.37. The number of benzene rings is 4. The van der Waals surface area contributed by atoms with Crippen LogP contribution in [0.15, 0.2) is 97.1 Å². The third-order valence-corrected chi connectivity index (χ3v) is 5.17. The lowest BCUT2D eigenvalue weighted by atomic mass is 10.0. The molecule has 0 unspecified atom stereocenters. The van der Waals surface area contributed by atoms with Gasteiger partial charge in [0.2, 0.25) is 0 Å². The summed E-state index contributed by atoms with van der Waals surface area (Å²) < 4.78 is 10.6. The fraction of sp³-hybridized carbons (Fsp3) is 0.111. The molecule has 4 rings (SSSR count). The predicted octanol–water partition coefficient (Wildman–Crippen LogP) is 7.15. The molecule has 4 aromatic carbocycles. The van der Waals surface area contributed by atoms with E-state index >= 15 is 0 Å². The summed E-state index contributed by atoms with van der Waals surface area (Å²) in [6, 6.07) is 33.5. The average molecular weight is 396 g/mol. The van der Waals surface area contributed by atoms with Crippen molar-refractivity contribution in [3.05, 3.63) is 103 Å². The summed E-state index contributed by atoms with van der Waals surface area (Å²) >= 11 is 0. The number of methoxy groups -OCH3 is 2. The first-order valence-corrected chi connectivity index (χ1v) is 9.93. The van der Waals surface area contributed by atoms with Crippen molar-refractivity contribution in [2.24, 2.45) is 0 Å². The van der Waals surface area contributed by atoms with Crippen LogP contribution in [-0.4, -0.2) is 14.2 Å². The first-order valence-electron chi connectivity index (χ1n) is 9.93. The van der Waals surface area contributed by atoms with Gasteiger partial charge >= 0.3 is 0 Å². The fourth-order valence-electron chi connectivity index (χ4n) is 3.46. The zero-order chi connectivity index (χ0) is 20.9. The van der Waals surface area contributed by atoms with Crippen LogP contribution in [0.25, 0.3) is 11.1 Å². The standard InChI is InChI=1S/C27H25NO2/c1-20-4-10-23(11-5-20)28(25-14-18-27(30-3)19-15-25)24-12-6-21(7-13-24)22-8-16-26(29-2)17-9-22/h4-19H,1-3H3. The van der Waals surface area contributed by atoms with Crippen LogP contribution in [0, 0.1) is 6.92 Å². The quantitative estimate of drug-likeness (QED) is 0.346. The van der Waals surface area contributed by atoms with E-state index in [1.807, 2.05) is 24.3 Å². The highest BCUT2D eigenvalue weighted by Gasteiger charge is 2.13. The Morgan fingerprint density at radius 3 is 1.23 bits per heavy atom. The Labute approximate surface area is 178 Å². The molecule has 0 aliphatic rings. The van der Waals surface area contributed by atoms with E-state index < -0.39 is 0 Å². The van der Waals surface area contributed by atoms with Crippen LogP contribution in [0.2, 0.25) is 0 Å². The monoisotopic (exact) mass is 395 g/mol. The van der Waals surface area contributed by atoms with E-state index in [1.165, 1.54) is 11.1 Å². The van der Waals surface area contributed by atoms with E-state index in [0.717, 1.165) is 34.1 Å². The Morgan fingerprint density at radius 1 is 0.467 bits per heavy atom. The minimum absolute atomic E-state index is 0.845. The molecule has 0 aromatic heterocycles. The van der Waals surface area contributed by atoms with Crippen molar-refractivity contribution < 1.29 is 9.47 Å². The molecule has 3 nitrogen and oxygen atoms in total. The minimum Gasteiger partial charge on any atom is -0.497 e. The number of anilines is 3. The van der Waals surface area contributed by atoms with Gasteiger partial charge < -0.3 is 14.4 Å². The van der Waals surface area contributed by atoms with Crippen LogP contribution in [0.1, 0.15) is 5.56 Å². The first kappa shape index (κ1) is 19.6. The lowest BCUT2D eigenvalue weighted by Crippen LogP contribution is -2.09. The number of rotatable bonds is 6. The second-order valence-corrected chi connectivity index (χ2v) is 7.14. The van der Waals surface area contributed by atoms with E-state index in [1.54, 1.807) is 14.2 Å². The summed E-state index contributed by atoms with van der Waals surface area (Å²) in [5.41, 5.74) is 6.86. The number of hydrogen-bond donors (Lipinski definition) is 0. The van der Waals surface area contributed by atoms with Crippen LogP contribution in [0.4, 0.5) is 17.1 Å². The van der Waals surface area contributed by atoms with Gasteiger partial charge in [0.15, 0.2) is 0 Å². The Bertz CT molecular complexity index is 1080. The van der Waals surface area contributed by atoms with E-state index in [-0.39, 0.29) is 0 Å². The van der Waals surface area contributed by atoms with Crippen molar-refractivity contribution in [2.45, 2.75) is 6.92 Å². The van der Waals surface area contributed by atoms with Crippen molar-refractivity contribution in [1.82, 2.24) is 0 Å². The van der Waals surface area contributed by atoms with Gasteiger partial charge in [-0.3, -0.25) is 0 Å². The van der Waals surface area contributed by atoms with Crippen molar-refractivity contribution in [1.29, 1.82) is 0 Å². The van der Waals surface area contributed by atoms with E-state index in [2.05, 4.69) is 84.6 Å². The Balaban J connectivity index is 1.71. The van der Waals surface area contributed by atoms with Gasteiger partial charge in [-0.1, -0.05) is 42.0 Å². The van der Waals surface area contributed by atoms with Crippen LogP contribution in [-0.2, 0) is 0 Å². The van der Waals surface area contributed by atoms with Gasteiger partial charge in [-0.15, -0.1) is 0 Å². The van der Waals surface area contributed by atoms with Gasteiger partial charge in [0.05, 0.1) is 14.2 Å². The van der Waals surface area contributed by atoms with E-state index in [0.29, 0.717) is 0 Å². The van der Waals surface area contributed by atoms with Gasteiger partial charge in [-0.2, -0.15) is 0 Å². The molecule has 0 aliphatic carbocycles. The number of ether oxygens (including phenoxy) is 2. The van der Waals surface area contributed by atoms with Crippen LogP contribution >= 0.6 is 0 Å². The Hall–Kier alpha value is -3.72. The molecule has 0 aliphatic heterocycles. The third-order valence-electron chi connectivity index (χ3n) is 5.17. The van der Waals surface area contributed by atoms with Gasteiger partial charge in [0, 0.05) is 17.1 Å². The first-order chi connectivity index (χ1) is 14.7. The molecule has 0 saturated heterocycles. The normalized spacial score (nSPS) is 10.5. The van der Waals surface area contributed by atoms with Crippen LogP contribution in [0.3, 0.4) is 0 Å². The molecule has 4 aromatic rings. The third kappa shape index (κ3) is 4.15. The van der Waals surface area contributed by atoms with E-state index in [9.17, 15) is 0 Å². The molecule has 0 saturated carbocycles. The predicted molar refractivity (Wildman–Crippen MR) is 124 cm³/mol. The molecule has 0 spiro atoms. The summed E-state index contributed by atoms with van der Waals surface area (Å²) in [5.74, 6) is 1.71. The smallest absolute Gasteiger partial charge is 0.119 e. The molecule has 3 heteroatoms. The Kier molecular flexibility index (Phi) is 5.71. The lowest BCUT2D eigenvalue weighted by molar-refractivity contribution is 0.415. The molecule has 0 heterocycles. The molecule has 0 atom stereocenters. The summed E-state index contributed by atoms with van der Waals surface area (Å²) in [6.45, 7) is 2.10. The van der Waals surface area contributed by atoms with Gasteiger partial charge in [0.1, 0.15) is 11.5 Å². The van der Waals surface area contributed by atoms with Crippen molar-refractivity contribution in [3.8, 4) is 22.6 Å². The van der Waals surface area contributed by atoms with Gasteiger partial charge in [0.25, 0.3) is 0 Å². The average Bonchev–Trinajstić information content (AvgIpc) is 2.81. The zero-order valence-corrected chi connectivity index (χ0v) is 17.5. The number of nitrogens with zero attached hydrogens (tertiary/aromatic N) is 1. The maximum atomic E-state index is 5.33. The SMILES string of the molecule is COc1ccc(-c2ccc(N(c3ccc(C)cc3)c3ccc(OC)cc3)cc2)cc1. The topological polar surface area (TPSA) is 21.7 Å².